The Morgan fingerprint density at radius 1 is 0.658 bits per heavy atom. The zero-order chi connectivity index (χ0) is 29.9. The van der Waals surface area contributed by atoms with Crippen LogP contribution in [-0.2, 0) is 29.4 Å². The molecule has 18 heteroatoms. The zero-order valence-corrected chi connectivity index (χ0v) is 18.3. The molecule has 0 atom stereocenters. The largest absolute Gasteiger partial charge is 0.465 e. The topological polar surface area (TPSA) is 108 Å². The molecule has 2 aromatic carbocycles. The van der Waals surface area contributed by atoms with Gasteiger partial charge in [-0.3, -0.25) is 4.79 Å². The molecule has 6 nitrogen and oxygen atoms in total. The number of esters is 1. The van der Waals surface area contributed by atoms with Crippen LogP contribution in [0.25, 0.3) is 0 Å². The molecule has 1 amide bonds. The van der Waals surface area contributed by atoms with E-state index in [0.717, 1.165) is 7.11 Å². The number of guanidine groups is 1. The molecule has 0 aliphatic heterocycles. The number of nitrogens with zero attached hydrogens (tertiary/aromatic N) is 1. The summed E-state index contributed by atoms with van der Waals surface area (Å²) >= 11 is 0. The van der Waals surface area contributed by atoms with Crippen molar-refractivity contribution in [2.45, 2.75) is 24.7 Å². The van der Waals surface area contributed by atoms with Crippen LogP contribution < -0.4 is 11.5 Å². The highest BCUT2D eigenvalue weighted by molar-refractivity contribution is 6.03. The van der Waals surface area contributed by atoms with Crippen LogP contribution in [0.15, 0.2) is 41.4 Å². The number of hydrogen-bond acceptors (Lipinski definition) is 3. The number of benzene rings is 2. The van der Waals surface area contributed by atoms with E-state index in [-0.39, 0.29) is 12.1 Å². The number of amides is 1. The quantitative estimate of drug-likeness (QED) is 0.210. The summed E-state index contributed by atoms with van der Waals surface area (Å²) < 4.78 is 155. The maximum absolute atomic E-state index is 12.8. The number of halogens is 12. The summed E-state index contributed by atoms with van der Waals surface area (Å²) in [5.74, 6) is -3.95. The minimum atomic E-state index is -5.39. The normalized spacial score (nSPS) is 12.2. The van der Waals surface area contributed by atoms with Gasteiger partial charge in [-0.2, -0.15) is 57.7 Å². The minimum absolute atomic E-state index is 0.217. The first-order chi connectivity index (χ1) is 17.0. The Kier molecular flexibility index (Phi) is 9.42. The number of rotatable bonds is 2. The number of nitrogens with two attached hydrogens (primary N) is 2. The van der Waals surface area contributed by atoms with Crippen molar-refractivity contribution in [3.05, 3.63) is 69.8 Å². The molecule has 0 heterocycles. The summed E-state index contributed by atoms with van der Waals surface area (Å²) in [5, 5.41) is 0. The molecular weight excluding hydrogens is 558 g/mol. The second-order valence-electron chi connectivity index (χ2n) is 6.78. The molecule has 0 spiro atoms. The van der Waals surface area contributed by atoms with E-state index >= 15 is 0 Å². The van der Waals surface area contributed by atoms with Crippen LogP contribution in [0.2, 0.25) is 0 Å². The fourth-order valence-corrected chi connectivity index (χ4v) is 2.82. The van der Waals surface area contributed by atoms with Gasteiger partial charge in [-0.15, -0.1) is 0 Å². The highest BCUT2D eigenvalue weighted by atomic mass is 19.4. The molecule has 2 aromatic rings. The van der Waals surface area contributed by atoms with E-state index in [4.69, 9.17) is 11.5 Å². The van der Waals surface area contributed by atoms with Crippen molar-refractivity contribution in [1.82, 2.24) is 0 Å². The van der Waals surface area contributed by atoms with E-state index in [1.807, 2.05) is 0 Å². The maximum atomic E-state index is 12.8. The van der Waals surface area contributed by atoms with E-state index < -0.39 is 75.9 Å². The molecule has 0 bridgehead atoms. The van der Waals surface area contributed by atoms with Crippen molar-refractivity contribution < 1.29 is 67.0 Å². The monoisotopic (exact) mass is 571 g/mol. The first-order valence-electron chi connectivity index (χ1n) is 9.30. The second kappa shape index (κ2) is 11.2. The average Bonchev–Trinajstić information content (AvgIpc) is 2.75. The van der Waals surface area contributed by atoms with Crippen molar-refractivity contribution in [2.75, 3.05) is 7.11 Å². The van der Waals surface area contributed by atoms with E-state index in [0.29, 0.717) is 24.3 Å². The summed E-state index contributed by atoms with van der Waals surface area (Å²) in [6.07, 6.45) is -21.2. The van der Waals surface area contributed by atoms with Gasteiger partial charge in [0.15, 0.2) is 5.96 Å². The second-order valence-corrected chi connectivity index (χ2v) is 6.78. The molecule has 4 N–H and O–H groups in total. The first-order valence-corrected chi connectivity index (χ1v) is 9.30. The molecule has 0 aliphatic rings. The van der Waals surface area contributed by atoms with E-state index in [2.05, 4.69) is 9.73 Å². The van der Waals surface area contributed by atoms with Gasteiger partial charge in [0.2, 0.25) is 0 Å². The van der Waals surface area contributed by atoms with Crippen LogP contribution in [0.3, 0.4) is 0 Å². The number of carbonyl (C=O) groups is 2. The lowest BCUT2D eigenvalue weighted by molar-refractivity contribution is -0.162. The fourth-order valence-electron chi connectivity index (χ4n) is 2.82. The third-order valence-corrected chi connectivity index (χ3v) is 4.17. The third kappa shape index (κ3) is 8.01. The van der Waals surface area contributed by atoms with Crippen molar-refractivity contribution >= 4 is 17.8 Å². The summed E-state index contributed by atoms with van der Waals surface area (Å²) in [5.41, 5.74) is -0.873. The molecule has 0 aromatic heterocycles. The number of hydrogen-bond donors (Lipinski definition) is 2. The van der Waals surface area contributed by atoms with Crippen LogP contribution in [0.5, 0.6) is 0 Å². The van der Waals surface area contributed by atoms with Gasteiger partial charge in [0.1, 0.15) is 0 Å². The lowest BCUT2D eigenvalue weighted by Crippen LogP contribution is -2.26. The van der Waals surface area contributed by atoms with E-state index in [1.165, 1.54) is 0 Å². The Balaban J connectivity index is 0.000000382. The number of aliphatic imine (C=N–C) groups is 1. The van der Waals surface area contributed by atoms with Crippen LogP contribution in [-0.4, -0.2) is 24.9 Å². The van der Waals surface area contributed by atoms with E-state index in [1.54, 1.807) is 0 Å². The van der Waals surface area contributed by atoms with Gasteiger partial charge < -0.3 is 16.2 Å². The summed E-state index contributed by atoms with van der Waals surface area (Å²) in [4.78, 5) is 25.3. The molecule has 0 aliphatic carbocycles. The third-order valence-electron chi connectivity index (χ3n) is 4.17. The lowest BCUT2D eigenvalue weighted by atomic mass is 9.99. The Hall–Kier alpha value is -3.99. The smallest absolute Gasteiger partial charge is 0.417 e. The molecule has 38 heavy (non-hydrogen) atoms. The zero-order valence-electron chi connectivity index (χ0n) is 18.3. The number of ether oxygens (including phenoxy) is 1. The average molecular weight is 571 g/mol. The van der Waals surface area contributed by atoms with Crippen LogP contribution in [0.1, 0.15) is 43.0 Å². The van der Waals surface area contributed by atoms with E-state index in [9.17, 15) is 62.3 Å². The van der Waals surface area contributed by atoms with Crippen LogP contribution in [0, 0.1) is 0 Å². The molecular formula is C20H13F12N3O3. The number of methoxy groups -OCH3 is 1. The van der Waals surface area contributed by atoms with Crippen LogP contribution >= 0.6 is 0 Å². The van der Waals surface area contributed by atoms with Gasteiger partial charge in [0, 0.05) is 0 Å². The molecule has 0 unspecified atom stereocenters. The Bertz CT molecular complexity index is 1210. The molecule has 0 saturated carbocycles. The molecule has 0 radical (unpaired) electrons. The molecule has 210 valence electrons. The summed E-state index contributed by atoms with van der Waals surface area (Å²) in [6.45, 7) is 0. The standard InChI is InChI=1S/C10H7F6N3O.C10H6F6O2/c11-9(12,13)5-3-1-2-4(6(5)10(14,15)16)7(20)19-8(17)18;1-18-8(17)5-3-2-4-6(9(11,12)13)7(5)10(14,15)16/h1-3H,(H4,17,18,19,20);2-4H,1H3. The minimum Gasteiger partial charge on any atom is -0.465 e. The summed E-state index contributed by atoms with van der Waals surface area (Å²) in [6, 6.07) is 3.04. The van der Waals surface area contributed by atoms with Gasteiger partial charge in [0.25, 0.3) is 5.91 Å². The van der Waals surface area contributed by atoms with Crippen molar-refractivity contribution in [1.29, 1.82) is 0 Å². The van der Waals surface area contributed by atoms with Gasteiger partial charge >= 0.3 is 30.7 Å². The predicted molar refractivity (Wildman–Crippen MR) is 104 cm³/mol. The lowest BCUT2D eigenvalue weighted by Gasteiger charge is -2.17. The molecule has 0 saturated heterocycles. The Morgan fingerprint density at radius 2 is 1.03 bits per heavy atom. The molecule has 2 rings (SSSR count). The number of alkyl halides is 12. The van der Waals surface area contributed by atoms with Gasteiger partial charge in [-0.05, 0) is 24.3 Å². The SMILES string of the molecule is COC(=O)c1cccc(C(F)(F)F)c1C(F)(F)F.NC(N)=NC(=O)c1cccc(C(F)(F)F)c1C(F)(F)F. The van der Waals surface area contributed by atoms with Gasteiger partial charge in [-0.25, -0.2) is 4.79 Å². The fraction of sp³-hybridized carbons (Fsp3) is 0.250. The highest BCUT2D eigenvalue weighted by Crippen LogP contribution is 2.43. The summed E-state index contributed by atoms with van der Waals surface area (Å²) in [7, 11) is 0.781. The Morgan fingerprint density at radius 3 is 1.34 bits per heavy atom. The van der Waals surface area contributed by atoms with Crippen molar-refractivity contribution in [3.8, 4) is 0 Å². The highest BCUT2D eigenvalue weighted by Gasteiger charge is 2.47. The van der Waals surface area contributed by atoms with Gasteiger partial charge in [-0.1, -0.05) is 12.1 Å². The number of carbonyl (C=O) groups excluding carboxylic acids is 2. The van der Waals surface area contributed by atoms with Crippen molar-refractivity contribution in [3.63, 3.8) is 0 Å². The molecule has 0 fully saturated rings. The van der Waals surface area contributed by atoms with Crippen molar-refractivity contribution in [2.24, 2.45) is 16.5 Å². The van der Waals surface area contributed by atoms with Crippen LogP contribution in [0.4, 0.5) is 52.7 Å². The Labute approximate surface area is 203 Å². The van der Waals surface area contributed by atoms with Gasteiger partial charge in [0.05, 0.1) is 40.5 Å². The maximum Gasteiger partial charge on any atom is 0.417 e. The first kappa shape index (κ1) is 32.0. The predicted octanol–water partition coefficient (Wildman–Crippen LogP) is 5.65.